The third-order valence-corrected chi connectivity index (χ3v) is 3.36. The highest BCUT2D eigenvalue weighted by molar-refractivity contribution is 5.96. The summed E-state index contributed by atoms with van der Waals surface area (Å²) >= 11 is 0. The van der Waals surface area contributed by atoms with E-state index in [1.165, 1.54) is 6.07 Å². The van der Waals surface area contributed by atoms with Crippen molar-refractivity contribution in [2.45, 2.75) is 19.4 Å². The second-order valence-electron chi connectivity index (χ2n) is 5.12. The topological polar surface area (TPSA) is 92.4 Å². The molecule has 1 amide bonds. The zero-order valence-electron chi connectivity index (χ0n) is 12.2. The van der Waals surface area contributed by atoms with Crippen LogP contribution in [0.2, 0.25) is 0 Å². The predicted molar refractivity (Wildman–Crippen MR) is 84.9 cm³/mol. The number of hydrogen-bond acceptors (Lipinski definition) is 3. The molecule has 0 radical (unpaired) electrons. The molecule has 0 saturated heterocycles. The molecular formula is C17H18N2O3. The Balaban J connectivity index is 2.02. The lowest BCUT2D eigenvalue weighted by Crippen LogP contribution is -2.37. The Kier molecular flexibility index (Phi) is 4.91. The van der Waals surface area contributed by atoms with Crippen molar-refractivity contribution >= 4 is 17.6 Å². The van der Waals surface area contributed by atoms with Gasteiger partial charge in [-0.2, -0.15) is 0 Å². The van der Waals surface area contributed by atoms with Gasteiger partial charge in [-0.15, -0.1) is 0 Å². The number of nitrogens with one attached hydrogen (secondary N) is 1. The van der Waals surface area contributed by atoms with Gasteiger partial charge in [-0.3, -0.25) is 4.79 Å². The fourth-order valence-electron chi connectivity index (χ4n) is 2.18. The van der Waals surface area contributed by atoms with Crippen molar-refractivity contribution in [1.82, 2.24) is 0 Å². The first-order chi connectivity index (χ1) is 10.5. The normalized spacial score (nSPS) is 11.7. The van der Waals surface area contributed by atoms with Crippen LogP contribution in [0, 0.1) is 6.92 Å². The SMILES string of the molecule is Cc1cc(NC(=O)C(N)Cc2ccccc2)ccc1C(=O)O. The summed E-state index contributed by atoms with van der Waals surface area (Å²) in [4.78, 5) is 23.1. The second kappa shape index (κ2) is 6.87. The number of amides is 1. The molecular weight excluding hydrogens is 280 g/mol. The van der Waals surface area contributed by atoms with E-state index >= 15 is 0 Å². The Morgan fingerprint density at radius 2 is 1.86 bits per heavy atom. The number of carbonyl (C=O) groups is 2. The molecule has 114 valence electrons. The Hall–Kier alpha value is -2.66. The van der Waals surface area contributed by atoms with E-state index in [1.807, 2.05) is 30.3 Å². The number of aromatic carboxylic acids is 1. The molecule has 4 N–H and O–H groups in total. The molecule has 22 heavy (non-hydrogen) atoms. The van der Waals surface area contributed by atoms with Crippen LogP contribution in [-0.4, -0.2) is 23.0 Å². The fraction of sp³-hybridized carbons (Fsp3) is 0.176. The van der Waals surface area contributed by atoms with Crippen molar-refractivity contribution in [2.75, 3.05) is 5.32 Å². The maximum atomic E-state index is 12.1. The molecule has 0 bridgehead atoms. The highest BCUT2D eigenvalue weighted by Crippen LogP contribution is 2.15. The van der Waals surface area contributed by atoms with Crippen LogP contribution in [0.25, 0.3) is 0 Å². The molecule has 1 unspecified atom stereocenters. The van der Waals surface area contributed by atoms with Crippen molar-refractivity contribution in [3.8, 4) is 0 Å². The summed E-state index contributed by atoms with van der Waals surface area (Å²) in [5, 5.41) is 11.7. The summed E-state index contributed by atoms with van der Waals surface area (Å²) in [6, 6.07) is 13.5. The lowest BCUT2D eigenvalue weighted by Gasteiger charge is -2.13. The summed E-state index contributed by atoms with van der Waals surface area (Å²) in [5.41, 5.74) is 8.23. The van der Waals surface area contributed by atoms with Crippen LogP contribution in [-0.2, 0) is 11.2 Å². The first-order valence-electron chi connectivity index (χ1n) is 6.91. The maximum absolute atomic E-state index is 12.1. The number of aryl methyl sites for hydroxylation is 1. The predicted octanol–water partition coefficient (Wildman–Crippen LogP) is 2.20. The van der Waals surface area contributed by atoms with E-state index in [9.17, 15) is 9.59 Å². The van der Waals surface area contributed by atoms with E-state index in [1.54, 1.807) is 19.1 Å². The van der Waals surface area contributed by atoms with Gasteiger partial charge in [-0.05, 0) is 42.7 Å². The molecule has 5 nitrogen and oxygen atoms in total. The first-order valence-corrected chi connectivity index (χ1v) is 6.91. The van der Waals surface area contributed by atoms with Gasteiger partial charge in [0.15, 0.2) is 0 Å². The van der Waals surface area contributed by atoms with Gasteiger partial charge in [0.1, 0.15) is 0 Å². The molecule has 5 heteroatoms. The van der Waals surface area contributed by atoms with Crippen LogP contribution in [0.3, 0.4) is 0 Å². The average molecular weight is 298 g/mol. The summed E-state index contributed by atoms with van der Waals surface area (Å²) < 4.78 is 0. The average Bonchev–Trinajstić information content (AvgIpc) is 2.47. The van der Waals surface area contributed by atoms with Crippen molar-refractivity contribution in [3.05, 3.63) is 65.2 Å². The molecule has 0 spiro atoms. The lowest BCUT2D eigenvalue weighted by molar-refractivity contribution is -0.117. The molecule has 0 saturated carbocycles. The lowest BCUT2D eigenvalue weighted by atomic mass is 10.1. The van der Waals surface area contributed by atoms with Crippen molar-refractivity contribution in [3.63, 3.8) is 0 Å². The second-order valence-corrected chi connectivity index (χ2v) is 5.12. The molecule has 0 aliphatic heterocycles. The molecule has 0 aliphatic rings. The van der Waals surface area contributed by atoms with Gasteiger partial charge in [-0.25, -0.2) is 4.79 Å². The van der Waals surface area contributed by atoms with Gasteiger partial charge >= 0.3 is 5.97 Å². The number of benzene rings is 2. The van der Waals surface area contributed by atoms with Gasteiger partial charge < -0.3 is 16.2 Å². The Labute approximate surface area is 128 Å². The number of anilines is 1. The smallest absolute Gasteiger partial charge is 0.335 e. The maximum Gasteiger partial charge on any atom is 0.335 e. The summed E-state index contributed by atoms with van der Waals surface area (Å²) in [7, 11) is 0. The van der Waals surface area contributed by atoms with E-state index in [0.29, 0.717) is 17.7 Å². The highest BCUT2D eigenvalue weighted by Gasteiger charge is 2.15. The van der Waals surface area contributed by atoms with E-state index in [2.05, 4.69) is 5.32 Å². The molecule has 2 aromatic rings. The zero-order valence-corrected chi connectivity index (χ0v) is 12.2. The van der Waals surface area contributed by atoms with E-state index in [4.69, 9.17) is 10.8 Å². The first kappa shape index (κ1) is 15.7. The fourth-order valence-corrected chi connectivity index (χ4v) is 2.18. The van der Waals surface area contributed by atoms with Crippen LogP contribution in [0.5, 0.6) is 0 Å². The van der Waals surface area contributed by atoms with Crippen LogP contribution >= 0.6 is 0 Å². The van der Waals surface area contributed by atoms with Gasteiger partial charge in [0.05, 0.1) is 11.6 Å². The van der Waals surface area contributed by atoms with Crippen LogP contribution in [0.15, 0.2) is 48.5 Å². The molecule has 0 fully saturated rings. The minimum atomic E-state index is -0.990. The minimum Gasteiger partial charge on any atom is -0.478 e. The largest absolute Gasteiger partial charge is 0.478 e. The van der Waals surface area contributed by atoms with Gasteiger partial charge in [-0.1, -0.05) is 30.3 Å². The van der Waals surface area contributed by atoms with Crippen LogP contribution in [0.1, 0.15) is 21.5 Å². The number of nitrogens with two attached hydrogens (primary N) is 1. The Bertz CT molecular complexity index is 684. The van der Waals surface area contributed by atoms with Gasteiger partial charge in [0.25, 0.3) is 0 Å². The summed E-state index contributed by atoms with van der Waals surface area (Å²) in [5.74, 6) is -1.29. The van der Waals surface area contributed by atoms with E-state index < -0.39 is 12.0 Å². The summed E-state index contributed by atoms with van der Waals surface area (Å²) in [6.07, 6.45) is 0.443. The Morgan fingerprint density at radius 3 is 2.45 bits per heavy atom. The van der Waals surface area contributed by atoms with E-state index in [-0.39, 0.29) is 11.5 Å². The molecule has 0 aromatic heterocycles. The highest BCUT2D eigenvalue weighted by atomic mass is 16.4. The monoisotopic (exact) mass is 298 g/mol. The third-order valence-electron chi connectivity index (χ3n) is 3.36. The van der Waals surface area contributed by atoms with Crippen LogP contribution < -0.4 is 11.1 Å². The third kappa shape index (κ3) is 3.93. The molecule has 2 rings (SSSR count). The Morgan fingerprint density at radius 1 is 1.18 bits per heavy atom. The standard InChI is InChI=1S/C17H18N2O3/c1-11-9-13(7-8-14(11)17(21)22)19-16(20)15(18)10-12-5-3-2-4-6-12/h2-9,15H,10,18H2,1H3,(H,19,20)(H,21,22). The molecule has 0 heterocycles. The number of carboxylic acids is 1. The van der Waals surface area contributed by atoms with Gasteiger partial charge in [0, 0.05) is 5.69 Å². The minimum absolute atomic E-state index is 0.214. The molecule has 2 aromatic carbocycles. The number of hydrogen-bond donors (Lipinski definition) is 3. The summed E-state index contributed by atoms with van der Waals surface area (Å²) in [6.45, 7) is 1.68. The van der Waals surface area contributed by atoms with E-state index in [0.717, 1.165) is 5.56 Å². The number of rotatable bonds is 5. The van der Waals surface area contributed by atoms with Crippen molar-refractivity contribution in [2.24, 2.45) is 5.73 Å². The van der Waals surface area contributed by atoms with Crippen LogP contribution in [0.4, 0.5) is 5.69 Å². The number of carboxylic acid groups (broad SMARTS) is 1. The zero-order chi connectivity index (χ0) is 16.1. The molecule has 1 atom stereocenters. The quantitative estimate of drug-likeness (QED) is 0.789. The van der Waals surface area contributed by atoms with Gasteiger partial charge in [0.2, 0.25) is 5.91 Å². The van der Waals surface area contributed by atoms with Crippen molar-refractivity contribution < 1.29 is 14.7 Å². The molecule has 0 aliphatic carbocycles. The van der Waals surface area contributed by atoms with Crippen molar-refractivity contribution in [1.29, 1.82) is 0 Å². The number of carbonyl (C=O) groups excluding carboxylic acids is 1.